The Kier molecular flexibility index (Phi) is 4.57. The fraction of sp³-hybridized carbons (Fsp3) is 0.200. The Bertz CT molecular complexity index is 950. The summed E-state index contributed by atoms with van der Waals surface area (Å²) in [5.74, 6) is 0.421. The second kappa shape index (κ2) is 6.81. The Morgan fingerprint density at radius 1 is 1.16 bits per heavy atom. The number of aromatic carboxylic acids is 1. The van der Waals surface area contributed by atoms with Gasteiger partial charge in [-0.15, -0.1) is 0 Å². The molecule has 0 spiro atoms. The third-order valence-corrected chi connectivity index (χ3v) is 4.01. The maximum absolute atomic E-state index is 11.7. The highest BCUT2D eigenvalue weighted by atomic mass is 16.5. The van der Waals surface area contributed by atoms with Crippen molar-refractivity contribution in [1.82, 2.24) is 4.98 Å². The fourth-order valence-electron chi connectivity index (χ4n) is 2.82. The summed E-state index contributed by atoms with van der Waals surface area (Å²) in [6.07, 6.45) is 0. The Hall–Kier alpha value is -3.08. The van der Waals surface area contributed by atoms with Crippen molar-refractivity contribution < 1.29 is 19.4 Å². The summed E-state index contributed by atoms with van der Waals surface area (Å²) in [5.41, 5.74) is 3.24. The lowest BCUT2D eigenvalue weighted by Crippen LogP contribution is -2.01. The minimum atomic E-state index is -0.993. The first-order valence-electron chi connectivity index (χ1n) is 7.99. The molecule has 0 saturated heterocycles. The lowest BCUT2D eigenvalue weighted by molar-refractivity contribution is 0.0699. The van der Waals surface area contributed by atoms with Gasteiger partial charge >= 0.3 is 5.97 Å². The zero-order chi connectivity index (χ0) is 18.0. The third kappa shape index (κ3) is 3.26. The van der Waals surface area contributed by atoms with Crippen molar-refractivity contribution in [1.29, 1.82) is 0 Å². The quantitative estimate of drug-likeness (QED) is 0.751. The lowest BCUT2D eigenvalue weighted by atomic mass is 10.0. The molecule has 5 nitrogen and oxygen atoms in total. The number of aromatic nitrogens is 1. The maximum Gasteiger partial charge on any atom is 0.336 e. The van der Waals surface area contributed by atoms with Gasteiger partial charge < -0.3 is 14.6 Å². The largest absolute Gasteiger partial charge is 0.496 e. The van der Waals surface area contributed by atoms with Crippen molar-refractivity contribution in [3.8, 4) is 22.8 Å². The van der Waals surface area contributed by atoms with Crippen LogP contribution in [0.25, 0.3) is 22.2 Å². The van der Waals surface area contributed by atoms with Gasteiger partial charge in [0, 0.05) is 10.9 Å². The minimum absolute atomic E-state index is 0.204. The third-order valence-electron chi connectivity index (χ3n) is 4.01. The number of pyridine rings is 1. The van der Waals surface area contributed by atoms with E-state index in [-0.39, 0.29) is 5.56 Å². The first-order valence-corrected chi connectivity index (χ1v) is 7.99. The maximum atomic E-state index is 11.7. The Labute approximate surface area is 145 Å². The van der Waals surface area contributed by atoms with E-state index in [0.29, 0.717) is 29.0 Å². The topological polar surface area (TPSA) is 68.7 Å². The van der Waals surface area contributed by atoms with Crippen LogP contribution in [0.1, 0.15) is 22.8 Å². The number of ether oxygens (including phenoxy) is 2. The van der Waals surface area contributed by atoms with Crippen LogP contribution in [-0.4, -0.2) is 29.8 Å². The molecule has 5 heteroatoms. The van der Waals surface area contributed by atoms with Crippen LogP contribution in [0, 0.1) is 6.92 Å². The van der Waals surface area contributed by atoms with E-state index in [2.05, 4.69) is 4.98 Å². The predicted molar refractivity (Wildman–Crippen MR) is 96.6 cm³/mol. The molecule has 3 aromatic rings. The van der Waals surface area contributed by atoms with E-state index in [1.165, 1.54) is 0 Å². The number of carboxylic acids is 1. The van der Waals surface area contributed by atoms with Gasteiger partial charge in [-0.25, -0.2) is 9.78 Å². The smallest absolute Gasteiger partial charge is 0.336 e. The van der Waals surface area contributed by atoms with E-state index in [1.807, 2.05) is 32.0 Å². The van der Waals surface area contributed by atoms with Crippen molar-refractivity contribution in [2.45, 2.75) is 13.8 Å². The van der Waals surface area contributed by atoms with E-state index in [4.69, 9.17) is 9.47 Å². The average molecular weight is 337 g/mol. The molecule has 0 amide bonds. The molecular formula is C20H19NO4. The number of hydrogen-bond donors (Lipinski definition) is 1. The summed E-state index contributed by atoms with van der Waals surface area (Å²) >= 11 is 0. The van der Waals surface area contributed by atoms with Crippen molar-refractivity contribution in [2.24, 2.45) is 0 Å². The zero-order valence-electron chi connectivity index (χ0n) is 14.4. The number of fused-ring (bicyclic) bond motifs is 1. The van der Waals surface area contributed by atoms with Gasteiger partial charge in [0.1, 0.15) is 11.5 Å². The number of rotatable bonds is 5. The van der Waals surface area contributed by atoms with Crippen LogP contribution in [0.3, 0.4) is 0 Å². The van der Waals surface area contributed by atoms with E-state index >= 15 is 0 Å². The highest BCUT2D eigenvalue weighted by molar-refractivity contribution is 6.04. The van der Waals surface area contributed by atoms with Gasteiger partial charge in [0.15, 0.2) is 0 Å². The molecule has 0 saturated carbocycles. The number of methoxy groups -OCH3 is 1. The summed E-state index contributed by atoms with van der Waals surface area (Å²) in [6, 6.07) is 12.6. The molecular weight excluding hydrogens is 318 g/mol. The van der Waals surface area contributed by atoms with Crippen molar-refractivity contribution >= 4 is 16.9 Å². The Morgan fingerprint density at radius 3 is 2.60 bits per heavy atom. The van der Waals surface area contributed by atoms with Crippen LogP contribution in [0.4, 0.5) is 0 Å². The van der Waals surface area contributed by atoms with Gasteiger partial charge in [0.25, 0.3) is 0 Å². The summed E-state index contributed by atoms with van der Waals surface area (Å²) < 4.78 is 10.7. The molecule has 0 bridgehead atoms. The van der Waals surface area contributed by atoms with Crippen LogP contribution in [0.5, 0.6) is 11.5 Å². The number of carbonyl (C=O) groups is 1. The van der Waals surface area contributed by atoms with Gasteiger partial charge in [-0.2, -0.15) is 0 Å². The van der Waals surface area contributed by atoms with Crippen LogP contribution in [0.15, 0.2) is 42.5 Å². The molecule has 0 aliphatic carbocycles. The number of aryl methyl sites for hydroxylation is 1. The number of nitrogens with zero attached hydrogens (tertiary/aromatic N) is 1. The van der Waals surface area contributed by atoms with Crippen molar-refractivity contribution in [3.63, 3.8) is 0 Å². The first kappa shape index (κ1) is 16.8. The molecule has 0 radical (unpaired) electrons. The molecule has 0 aliphatic heterocycles. The molecule has 0 aliphatic rings. The molecule has 2 aromatic carbocycles. The van der Waals surface area contributed by atoms with Crippen LogP contribution in [-0.2, 0) is 0 Å². The minimum Gasteiger partial charge on any atom is -0.496 e. The Balaban J connectivity index is 2.19. The second-order valence-electron chi connectivity index (χ2n) is 5.66. The van der Waals surface area contributed by atoms with E-state index in [1.54, 1.807) is 31.4 Å². The summed E-state index contributed by atoms with van der Waals surface area (Å²) in [4.78, 5) is 16.4. The van der Waals surface area contributed by atoms with E-state index < -0.39 is 5.97 Å². The molecule has 3 rings (SSSR count). The van der Waals surface area contributed by atoms with E-state index in [0.717, 1.165) is 16.9 Å². The normalized spacial score (nSPS) is 10.7. The van der Waals surface area contributed by atoms with Crippen LogP contribution >= 0.6 is 0 Å². The van der Waals surface area contributed by atoms with E-state index in [9.17, 15) is 9.90 Å². The summed E-state index contributed by atoms with van der Waals surface area (Å²) in [6.45, 7) is 4.34. The standard InChI is InChI=1S/C20H19NO4/c1-4-25-14-6-7-17-15(10-14)16(20(22)23)11-18(21-17)13-5-8-19(24-3)12(2)9-13/h5-11H,4H2,1-3H3,(H,22,23). The molecule has 0 fully saturated rings. The first-order chi connectivity index (χ1) is 12.0. The predicted octanol–water partition coefficient (Wildman–Crippen LogP) is 4.32. The molecule has 128 valence electrons. The molecule has 1 N–H and O–H groups in total. The van der Waals surface area contributed by atoms with Gasteiger partial charge in [0.2, 0.25) is 0 Å². The zero-order valence-corrected chi connectivity index (χ0v) is 14.4. The SMILES string of the molecule is CCOc1ccc2nc(-c3ccc(OC)c(C)c3)cc(C(=O)O)c2c1. The molecule has 0 atom stereocenters. The summed E-state index contributed by atoms with van der Waals surface area (Å²) in [5, 5.41) is 10.2. The highest BCUT2D eigenvalue weighted by Gasteiger charge is 2.14. The highest BCUT2D eigenvalue weighted by Crippen LogP contribution is 2.30. The summed E-state index contributed by atoms with van der Waals surface area (Å²) in [7, 11) is 1.62. The van der Waals surface area contributed by atoms with Gasteiger partial charge in [-0.05, 0) is 61.9 Å². The number of hydrogen-bond acceptors (Lipinski definition) is 4. The molecule has 1 aromatic heterocycles. The molecule has 0 unspecified atom stereocenters. The van der Waals surface area contributed by atoms with Crippen LogP contribution < -0.4 is 9.47 Å². The fourth-order valence-corrected chi connectivity index (χ4v) is 2.82. The van der Waals surface area contributed by atoms with Crippen LogP contribution in [0.2, 0.25) is 0 Å². The molecule has 25 heavy (non-hydrogen) atoms. The second-order valence-corrected chi connectivity index (χ2v) is 5.66. The number of benzene rings is 2. The van der Waals surface area contributed by atoms with Crippen molar-refractivity contribution in [2.75, 3.05) is 13.7 Å². The lowest BCUT2D eigenvalue weighted by Gasteiger charge is -2.11. The Morgan fingerprint density at radius 2 is 1.96 bits per heavy atom. The van der Waals surface area contributed by atoms with Gasteiger partial charge in [-0.3, -0.25) is 0 Å². The number of carboxylic acid groups (broad SMARTS) is 1. The average Bonchev–Trinajstić information content (AvgIpc) is 2.60. The monoisotopic (exact) mass is 337 g/mol. The van der Waals surface area contributed by atoms with Crippen molar-refractivity contribution in [3.05, 3.63) is 53.6 Å². The van der Waals surface area contributed by atoms with Gasteiger partial charge in [-0.1, -0.05) is 0 Å². The van der Waals surface area contributed by atoms with Gasteiger partial charge in [0.05, 0.1) is 30.5 Å². The molecule has 1 heterocycles.